The molecule has 3 aromatic rings. The molecule has 2 aliphatic heterocycles. The first-order valence-electron chi connectivity index (χ1n) is 16.4. The quantitative estimate of drug-likeness (QED) is 0.282. The second kappa shape index (κ2) is 15.6. The van der Waals surface area contributed by atoms with Gasteiger partial charge in [0.25, 0.3) is 0 Å². The van der Waals surface area contributed by atoms with E-state index >= 15 is 0 Å². The number of phenolic OH excluding ortho intramolecular Hbond substituents is 1. The summed E-state index contributed by atoms with van der Waals surface area (Å²) in [4.78, 5) is 59.7. The Bertz CT molecular complexity index is 1610. The van der Waals surface area contributed by atoms with Crippen LogP contribution in [-0.4, -0.2) is 87.6 Å². The average Bonchev–Trinajstić information content (AvgIpc) is 3.09. The van der Waals surface area contributed by atoms with E-state index in [4.69, 9.17) is 0 Å². The molecule has 0 unspecified atom stereocenters. The molecule has 0 aromatic heterocycles. The molecule has 2 atom stereocenters. The Labute approximate surface area is 282 Å². The molecule has 5 amide bonds. The van der Waals surface area contributed by atoms with E-state index in [9.17, 15) is 24.3 Å². The summed E-state index contributed by atoms with van der Waals surface area (Å²) in [5, 5.41) is 16.1. The van der Waals surface area contributed by atoms with E-state index in [2.05, 4.69) is 11.9 Å². The number of carbonyl (C=O) groups is 4. The van der Waals surface area contributed by atoms with Crippen molar-refractivity contribution < 1.29 is 24.3 Å². The summed E-state index contributed by atoms with van der Waals surface area (Å²) in [6.07, 6.45) is 3.24. The number of hydrogen-bond donors (Lipinski definition) is 2. The fraction of sp³-hybridized carbons (Fsp3) is 0.351. The predicted octanol–water partition coefficient (Wildman–Crippen LogP) is 4.28. The Balaban J connectivity index is 1.47. The average molecular weight is 653 g/mol. The van der Waals surface area contributed by atoms with E-state index in [0.29, 0.717) is 6.42 Å². The van der Waals surface area contributed by atoms with Crippen molar-refractivity contribution in [1.29, 1.82) is 0 Å². The molecule has 0 saturated carbocycles. The lowest BCUT2D eigenvalue weighted by Crippen LogP contribution is -2.76. The third kappa shape index (κ3) is 7.86. The molecule has 11 heteroatoms. The topological polar surface area (TPSA) is 117 Å². The second-order valence-corrected chi connectivity index (χ2v) is 12.2. The van der Waals surface area contributed by atoms with Crippen LogP contribution in [0.5, 0.6) is 5.75 Å². The fourth-order valence-corrected chi connectivity index (χ4v) is 6.28. The van der Waals surface area contributed by atoms with E-state index in [-0.39, 0.29) is 62.6 Å². The van der Waals surface area contributed by atoms with E-state index in [1.807, 2.05) is 61.5 Å². The van der Waals surface area contributed by atoms with Crippen LogP contribution in [0, 0.1) is 0 Å². The molecule has 252 valence electrons. The zero-order valence-electron chi connectivity index (χ0n) is 27.6. The van der Waals surface area contributed by atoms with Gasteiger partial charge in [-0.2, -0.15) is 0 Å². The highest BCUT2D eigenvalue weighted by molar-refractivity contribution is 5.93. The number of benzene rings is 3. The number of amides is 5. The van der Waals surface area contributed by atoms with Crippen LogP contribution in [0.1, 0.15) is 42.9 Å². The van der Waals surface area contributed by atoms with Crippen molar-refractivity contribution >= 4 is 29.4 Å². The van der Waals surface area contributed by atoms with Gasteiger partial charge in [-0.05, 0) is 47.4 Å². The minimum absolute atomic E-state index is 0.0211. The molecule has 3 aromatic carbocycles. The summed E-state index contributed by atoms with van der Waals surface area (Å²) < 4.78 is 0. The van der Waals surface area contributed by atoms with Crippen molar-refractivity contribution in [2.24, 2.45) is 0 Å². The molecular weight excluding hydrogens is 608 g/mol. The minimum atomic E-state index is -0.891. The molecule has 0 radical (unpaired) electrons. The normalized spacial score (nSPS) is 18.0. The molecule has 5 rings (SSSR count). The molecule has 2 heterocycles. The maximum Gasteiger partial charge on any atom is 0.334 e. The summed E-state index contributed by atoms with van der Waals surface area (Å²) >= 11 is 0. The molecule has 0 spiro atoms. The van der Waals surface area contributed by atoms with Gasteiger partial charge >= 0.3 is 6.03 Å². The smallest absolute Gasteiger partial charge is 0.334 e. The number of rotatable bonds is 12. The number of hydrogen-bond acceptors (Lipinski definition) is 6. The van der Waals surface area contributed by atoms with Crippen LogP contribution in [0.4, 0.5) is 10.5 Å². The van der Waals surface area contributed by atoms with Crippen LogP contribution in [-0.2, 0) is 33.9 Å². The van der Waals surface area contributed by atoms with Crippen LogP contribution in [0.15, 0.2) is 91.5 Å². The zero-order valence-corrected chi connectivity index (χ0v) is 27.6. The maximum absolute atomic E-state index is 14.3. The fourth-order valence-electron chi connectivity index (χ4n) is 6.28. The third-order valence-electron chi connectivity index (χ3n) is 8.82. The largest absolute Gasteiger partial charge is 0.508 e. The van der Waals surface area contributed by atoms with Crippen molar-refractivity contribution in [3.63, 3.8) is 0 Å². The summed E-state index contributed by atoms with van der Waals surface area (Å²) in [6, 6.07) is 22.4. The molecule has 2 saturated heterocycles. The van der Waals surface area contributed by atoms with Gasteiger partial charge in [-0.1, -0.05) is 74.0 Å². The Morgan fingerprint density at radius 3 is 2.44 bits per heavy atom. The lowest BCUT2D eigenvalue weighted by molar-refractivity contribution is -0.189. The van der Waals surface area contributed by atoms with Crippen molar-refractivity contribution in [3.05, 3.63) is 108 Å². The number of fused-ring (bicyclic) bond motifs is 1. The SMILES string of the molecule is C=CCN1CC(=O)N2[C@@H](Cc3ccc(O)cc3)C(=O)N(Cc3cccc(N(C)C(=O)CCCC)c3)C[C@@H]2N1C(=O)NCc1ccccc1. The molecule has 0 bridgehead atoms. The predicted molar refractivity (Wildman–Crippen MR) is 183 cm³/mol. The summed E-state index contributed by atoms with van der Waals surface area (Å²) in [5.74, 6) is -0.387. The van der Waals surface area contributed by atoms with Gasteiger partial charge in [0.15, 0.2) is 0 Å². The highest BCUT2D eigenvalue weighted by Gasteiger charge is 2.51. The van der Waals surface area contributed by atoms with E-state index in [1.165, 1.54) is 0 Å². The van der Waals surface area contributed by atoms with E-state index in [0.717, 1.165) is 35.2 Å². The van der Waals surface area contributed by atoms with Gasteiger partial charge in [-0.3, -0.25) is 14.4 Å². The third-order valence-corrected chi connectivity index (χ3v) is 8.82. The van der Waals surface area contributed by atoms with Crippen molar-refractivity contribution in [3.8, 4) is 5.75 Å². The van der Waals surface area contributed by atoms with E-state index < -0.39 is 18.2 Å². The number of hydrazine groups is 1. The molecule has 2 fully saturated rings. The Morgan fingerprint density at radius 1 is 1.00 bits per heavy atom. The van der Waals surface area contributed by atoms with Crippen LogP contribution in [0.25, 0.3) is 0 Å². The minimum Gasteiger partial charge on any atom is -0.508 e. The summed E-state index contributed by atoms with van der Waals surface area (Å²) in [6.45, 7) is 6.64. The number of carbonyl (C=O) groups excluding carboxylic acids is 4. The van der Waals surface area contributed by atoms with Gasteiger partial charge in [0.1, 0.15) is 18.0 Å². The van der Waals surface area contributed by atoms with Crippen molar-refractivity contribution in [2.45, 2.75) is 57.9 Å². The monoisotopic (exact) mass is 652 g/mol. The number of aromatic hydroxyl groups is 1. The van der Waals surface area contributed by atoms with Crippen LogP contribution in [0.3, 0.4) is 0 Å². The van der Waals surface area contributed by atoms with Crippen LogP contribution >= 0.6 is 0 Å². The first-order valence-corrected chi connectivity index (χ1v) is 16.4. The van der Waals surface area contributed by atoms with Crippen LogP contribution < -0.4 is 10.2 Å². The first-order chi connectivity index (χ1) is 23.2. The van der Waals surface area contributed by atoms with Gasteiger partial charge in [0.2, 0.25) is 17.7 Å². The number of piperazine rings is 1. The Hall–Kier alpha value is -5.16. The van der Waals surface area contributed by atoms with Gasteiger partial charge in [0, 0.05) is 45.2 Å². The Morgan fingerprint density at radius 2 is 1.73 bits per heavy atom. The molecule has 2 N–H and O–H groups in total. The van der Waals surface area contributed by atoms with Crippen molar-refractivity contribution in [2.75, 3.05) is 31.6 Å². The molecule has 48 heavy (non-hydrogen) atoms. The van der Waals surface area contributed by atoms with Gasteiger partial charge in [0.05, 0.1) is 13.1 Å². The number of nitrogens with one attached hydrogen (secondary N) is 1. The van der Waals surface area contributed by atoms with Gasteiger partial charge in [-0.25, -0.2) is 14.8 Å². The number of phenols is 1. The van der Waals surface area contributed by atoms with Gasteiger partial charge in [-0.15, -0.1) is 6.58 Å². The number of nitrogens with zero attached hydrogens (tertiary/aromatic N) is 5. The summed E-state index contributed by atoms with van der Waals surface area (Å²) in [5.41, 5.74) is 3.24. The van der Waals surface area contributed by atoms with Gasteiger partial charge < -0.3 is 25.1 Å². The molecule has 11 nitrogen and oxygen atoms in total. The van der Waals surface area contributed by atoms with Crippen molar-refractivity contribution in [1.82, 2.24) is 25.1 Å². The zero-order chi connectivity index (χ0) is 34.2. The molecule has 2 aliphatic rings. The number of anilines is 1. The Kier molecular flexibility index (Phi) is 11.1. The first kappa shape index (κ1) is 34.2. The molecule has 0 aliphatic carbocycles. The van der Waals surface area contributed by atoms with Crippen LogP contribution in [0.2, 0.25) is 0 Å². The summed E-state index contributed by atoms with van der Waals surface area (Å²) in [7, 11) is 1.75. The number of urea groups is 1. The number of unbranched alkanes of at least 4 members (excludes halogenated alkanes) is 1. The second-order valence-electron chi connectivity index (χ2n) is 12.2. The maximum atomic E-state index is 14.3. The lowest BCUT2D eigenvalue weighted by Gasteiger charge is -2.55. The standard InChI is InChI=1S/C37H44N6O5/c1-4-6-15-34(45)39(3)30-14-10-13-29(21-30)24-40-25-33-42(32(36(40)47)22-27-16-18-31(44)19-17-27)35(46)26-41(20-5-2)43(33)37(48)38-23-28-11-8-7-9-12-28/h5,7-14,16-19,21,32-33,44H,2,4,6,15,20,22-26H2,1,3H3,(H,38,48)/t32-,33-/m0/s1. The highest BCUT2D eigenvalue weighted by Crippen LogP contribution is 2.30. The van der Waals surface area contributed by atoms with E-state index in [1.54, 1.807) is 62.1 Å². The molecular formula is C37H44N6O5. The lowest BCUT2D eigenvalue weighted by atomic mass is 9.98. The highest BCUT2D eigenvalue weighted by atomic mass is 16.3.